The van der Waals surface area contributed by atoms with Crippen molar-refractivity contribution >= 4 is 34.2 Å². The second-order valence-corrected chi connectivity index (χ2v) is 6.52. The summed E-state index contributed by atoms with van der Waals surface area (Å²) in [6.45, 7) is 0.724. The molecule has 1 aliphatic rings. The van der Waals surface area contributed by atoms with Gasteiger partial charge in [-0.05, 0) is 63.5 Å². The summed E-state index contributed by atoms with van der Waals surface area (Å²) < 4.78 is 3.05. The van der Waals surface area contributed by atoms with Gasteiger partial charge >= 0.3 is 0 Å². The maximum Gasteiger partial charge on any atom is 0.151 e. The van der Waals surface area contributed by atoms with Crippen LogP contribution in [-0.4, -0.2) is 22.0 Å². The van der Waals surface area contributed by atoms with Crippen molar-refractivity contribution in [3.05, 3.63) is 76.7 Å². The average Bonchev–Trinajstić information content (AvgIpc) is 3.15. The van der Waals surface area contributed by atoms with Crippen molar-refractivity contribution in [1.29, 1.82) is 0 Å². The molecule has 24 heavy (non-hydrogen) atoms. The van der Waals surface area contributed by atoms with Gasteiger partial charge in [0.2, 0.25) is 0 Å². The number of fused-ring (bicyclic) bond motifs is 1. The van der Waals surface area contributed by atoms with Crippen LogP contribution >= 0.6 is 15.9 Å². The lowest BCUT2D eigenvalue weighted by atomic mass is 9.93. The molecule has 0 amide bonds. The number of hydrogen-bond donors (Lipinski definition) is 0. The predicted octanol–water partition coefficient (Wildman–Crippen LogP) is 4.71. The molecule has 2 aromatic heterocycles. The lowest BCUT2D eigenvalue weighted by Crippen LogP contribution is -2.11. The Morgan fingerprint density at radius 2 is 2.04 bits per heavy atom. The topological polar surface area (TPSA) is 42.5 Å². The molecule has 0 fully saturated rings. The summed E-state index contributed by atoms with van der Waals surface area (Å²) in [4.78, 5) is 13.3. The molecule has 1 aliphatic heterocycles. The van der Waals surface area contributed by atoms with Crippen LogP contribution in [0.5, 0.6) is 0 Å². The summed E-state index contributed by atoms with van der Waals surface area (Å²) in [7, 11) is 0. The minimum absolute atomic E-state index is 0.0645. The van der Waals surface area contributed by atoms with E-state index in [1.54, 1.807) is 6.20 Å². The van der Waals surface area contributed by atoms with Gasteiger partial charge in [0.25, 0.3) is 0 Å². The third kappa shape index (κ3) is 3.08. The first-order valence-electron chi connectivity index (χ1n) is 7.71. The Kier molecular flexibility index (Phi) is 4.09. The van der Waals surface area contributed by atoms with Crippen LogP contribution in [0.3, 0.4) is 0 Å². The van der Waals surface area contributed by atoms with Crippen molar-refractivity contribution < 1.29 is 0 Å². The number of halogens is 1. The zero-order chi connectivity index (χ0) is 16.4. The first-order valence-corrected chi connectivity index (χ1v) is 8.51. The molecule has 4 rings (SSSR count). The molecule has 0 spiro atoms. The molecule has 3 aromatic rings. The number of rotatable bonds is 3. The summed E-state index contributed by atoms with van der Waals surface area (Å²) in [5.74, 6) is 0.759. The Morgan fingerprint density at radius 1 is 1.17 bits per heavy atom. The SMILES string of the molecule is Brc1ccc(N=CC2C=NCc3ccc(-n4cccc4)cc32)nc1. The normalized spacial score (nSPS) is 16.5. The minimum atomic E-state index is 0.0645. The van der Waals surface area contributed by atoms with Crippen molar-refractivity contribution in [3.63, 3.8) is 0 Å². The monoisotopic (exact) mass is 378 g/mol. The molecule has 0 N–H and O–H groups in total. The van der Waals surface area contributed by atoms with Crippen LogP contribution in [0.2, 0.25) is 0 Å². The standard InChI is InChI=1S/C19H15BrN4/c20-16-4-6-19(23-13-16)22-12-15-11-21-10-14-3-5-17(9-18(14)15)24-7-1-2-8-24/h1-9,11-13,15H,10H2. The van der Waals surface area contributed by atoms with Gasteiger partial charge in [-0.3, -0.25) is 4.99 Å². The van der Waals surface area contributed by atoms with Gasteiger partial charge in [0.05, 0.1) is 12.5 Å². The molecule has 0 bridgehead atoms. The fourth-order valence-electron chi connectivity index (χ4n) is 2.77. The van der Waals surface area contributed by atoms with Gasteiger partial charge in [0, 0.05) is 41.2 Å². The Morgan fingerprint density at radius 3 is 2.83 bits per heavy atom. The van der Waals surface area contributed by atoms with E-state index in [1.807, 2.05) is 49.1 Å². The summed E-state index contributed by atoms with van der Waals surface area (Å²) in [6, 6.07) is 14.4. The van der Waals surface area contributed by atoms with Gasteiger partial charge in [-0.15, -0.1) is 0 Å². The molecule has 0 saturated heterocycles. The van der Waals surface area contributed by atoms with E-state index in [-0.39, 0.29) is 5.92 Å². The molecular weight excluding hydrogens is 364 g/mol. The first-order chi connectivity index (χ1) is 11.8. The van der Waals surface area contributed by atoms with Crippen molar-refractivity contribution in [1.82, 2.24) is 9.55 Å². The van der Waals surface area contributed by atoms with E-state index in [0.717, 1.165) is 16.7 Å². The fourth-order valence-corrected chi connectivity index (χ4v) is 3.00. The number of hydrogen-bond acceptors (Lipinski definition) is 3. The highest BCUT2D eigenvalue weighted by atomic mass is 79.9. The molecule has 1 unspecified atom stereocenters. The van der Waals surface area contributed by atoms with Crippen LogP contribution in [-0.2, 0) is 6.54 Å². The largest absolute Gasteiger partial charge is 0.324 e. The highest BCUT2D eigenvalue weighted by molar-refractivity contribution is 9.10. The van der Waals surface area contributed by atoms with Gasteiger partial charge < -0.3 is 4.57 Å². The number of benzene rings is 1. The third-order valence-electron chi connectivity index (χ3n) is 4.00. The number of aromatic nitrogens is 2. The van der Waals surface area contributed by atoms with Crippen LogP contribution < -0.4 is 0 Å². The van der Waals surface area contributed by atoms with Crippen LogP contribution in [0.15, 0.2) is 75.5 Å². The van der Waals surface area contributed by atoms with Crippen molar-refractivity contribution in [3.8, 4) is 5.69 Å². The Hall–Kier alpha value is -2.53. The van der Waals surface area contributed by atoms with Crippen LogP contribution in [0.1, 0.15) is 17.0 Å². The van der Waals surface area contributed by atoms with Gasteiger partial charge in [0.15, 0.2) is 5.82 Å². The molecular formula is C19H15BrN4. The second kappa shape index (κ2) is 6.53. The first kappa shape index (κ1) is 15.0. The lowest BCUT2D eigenvalue weighted by molar-refractivity contribution is 0.970. The van der Waals surface area contributed by atoms with E-state index in [9.17, 15) is 0 Å². The van der Waals surface area contributed by atoms with Gasteiger partial charge in [-0.1, -0.05) is 6.07 Å². The molecule has 118 valence electrons. The second-order valence-electron chi connectivity index (χ2n) is 5.60. The minimum Gasteiger partial charge on any atom is -0.324 e. The Labute approximate surface area is 148 Å². The predicted molar refractivity (Wildman–Crippen MR) is 101 cm³/mol. The zero-order valence-corrected chi connectivity index (χ0v) is 14.5. The third-order valence-corrected chi connectivity index (χ3v) is 4.47. The van der Waals surface area contributed by atoms with Crippen LogP contribution in [0, 0.1) is 0 Å². The highest BCUT2D eigenvalue weighted by Gasteiger charge is 2.16. The van der Waals surface area contributed by atoms with Crippen molar-refractivity contribution in [2.24, 2.45) is 9.98 Å². The van der Waals surface area contributed by atoms with E-state index in [0.29, 0.717) is 5.82 Å². The fraction of sp³-hybridized carbons (Fsp3) is 0.105. The molecule has 5 heteroatoms. The molecule has 0 saturated carbocycles. The van der Waals surface area contributed by atoms with Crippen molar-refractivity contribution in [2.45, 2.75) is 12.5 Å². The Bertz CT molecular complexity index is 896. The highest BCUT2D eigenvalue weighted by Crippen LogP contribution is 2.26. The summed E-state index contributed by atoms with van der Waals surface area (Å²) in [6.07, 6.45) is 9.72. The quantitative estimate of drug-likeness (QED) is 0.608. The van der Waals surface area contributed by atoms with Gasteiger partial charge in [-0.2, -0.15) is 0 Å². The number of aliphatic imine (C=N–C) groups is 2. The number of nitrogens with zero attached hydrogens (tertiary/aromatic N) is 4. The molecule has 1 aromatic carbocycles. The summed E-state index contributed by atoms with van der Waals surface area (Å²) in [5, 5.41) is 0. The maximum absolute atomic E-state index is 4.51. The maximum atomic E-state index is 4.51. The van der Waals surface area contributed by atoms with Crippen LogP contribution in [0.25, 0.3) is 5.69 Å². The Balaban J connectivity index is 1.66. The van der Waals surface area contributed by atoms with E-state index in [4.69, 9.17) is 0 Å². The lowest BCUT2D eigenvalue weighted by Gasteiger charge is -2.18. The molecule has 0 aliphatic carbocycles. The molecule has 1 atom stereocenters. The molecule has 4 nitrogen and oxygen atoms in total. The number of pyridine rings is 1. The van der Waals surface area contributed by atoms with Gasteiger partial charge in [0.1, 0.15) is 0 Å². The average molecular weight is 379 g/mol. The molecule has 3 heterocycles. The van der Waals surface area contributed by atoms with E-state index < -0.39 is 0 Å². The van der Waals surface area contributed by atoms with E-state index in [1.165, 1.54) is 11.1 Å². The molecule has 0 radical (unpaired) electrons. The van der Waals surface area contributed by atoms with Gasteiger partial charge in [-0.25, -0.2) is 9.98 Å². The summed E-state index contributed by atoms with van der Waals surface area (Å²) >= 11 is 3.38. The smallest absolute Gasteiger partial charge is 0.151 e. The zero-order valence-electron chi connectivity index (χ0n) is 12.9. The summed E-state index contributed by atoms with van der Waals surface area (Å²) in [5.41, 5.74) is 3.64. The van der Waals surface area contributed by atoms with Crippen molar-refractivity contribution in [2.75, 3.05) is 0 Å². The van der Waals surface area contributed by atoms with E-state index >= 15 is 0 Å². The van der Waals surface area contributed by atoms with E-state index in [2.05, 4.69) is 53.7 Å². The van der Waals surface area contributed by atoms with Crippen LogP contribution in [0.4, 0.5) is 5.82 Å².